The predicted octanol–water partition coefficient (Wildman–Crippen LogP) is 6.13. The van der Waals surface area contributed by atoms with Gasteiger partial charge in [-0.3, -0.25) is 0 Å². The molecule has 32 heavy (non-hydrogen) atoms. The van der Waals surface area contributed by atoms with Crippen LogP contribution in [-0.4, -0.2) is 0 Å². The van der Waals surface area contributed by atoms with Crippen LogP contribution >= 0.6 is 7.26 Å². The smallest absolute Gasteiger partial charge is 0.144 e. The van der Waals surface area contributed by atoms with Gasteiger partial charge in [0, 0.05) is 0 Å². The molecular weight excluding hydrogens is 410 g/mol. The Morgan fingerprint density at radius 2 is 0.531 bits per heavy atom. The number of rotatable bonds is 4. The van der Waals surface area contributed by atoms with Crippen LogP contribution in [0.5, 0.6) is 0 Å². The van der Waals surface area contributed by atoms with E-state index in [4.69, 9.17) is 0 Å². The van der Waals surface area contributed by atoms with Crippen molar-refractivity contribution in [2.45, 2.75) is 0 Å². The van der Waals surface area contributed by atoms with E-state index < -0.39 is 7.26 Å². The lowest BCUT2D eigenvalue weighted by atomic mass is 10.3. The molecular formula is C30H25FP+. The minimum atomic E-state index is -1.91. The molecule has 0 saturated heterocycles. The summed E-state index contributed by atoms with van der Waals surface area (Å²) in [6, 6.07) is 51.8. The first-order valence-electron chi connectivity index (χ1n) is 10.6. The minimum absolute atomic E-state index is 0.178. The summed E-state index contributed by atoms with van der Waals surface area (Å²) in [6.45, 7) is 0. The average Bonchev–Trinajstić information content (AvgIpc) is 2.88. The highest BCUT2D eigenvalue weighted by Crippen LogP contribution is 2.53. The third-order valence-corrected chi connectivity index (χ3v) is 9.60. The molecule has 0 aliphatic carbocycles. The van der Waals surface area contributed by atoms with Crippen LogP contribution in [0.4, 0.5) is 4.39 Å². The summed E-state index contributed by atoms with van der Waals surface area (Å²) in [7, 11) is -1.91. The van der Waals surface area contributed by atoms with E-state index in [0.717, 1.165) is 0 Å². The molecule has 0 nitrogen and oxygen atoms in total. The van der Waals surface area contributed by atoms with E-state index in [1.54, 1.807) is 18.2 Å². The second kappa shape index (κ2) is 10.7. The van der Waals surface area contributed by atoms with Crippen LogP contribution < -0.4 is 21.2 Å². The van der Waals surface area contributed by atoms with E-state index in [1.807, 2.05) is 0 Å². The van der Waals surface area contributed by atoms with Gasteiger partial charge in [-0.15, -0.1) is 0 Å². The van der Waals surface area contributed by atoms with Crippen LogP contribution in [0.1, 0.15) is 0 Å². The van der Waals surface area contributed by atoms with E-state index in [0.29, 0.717) is 0 Å². The molecule has 0 atom stereocenters. The van der Waals surface area contributed by atoms with Crippen molar-refractivity contribution in [3.63, 3.8) is 0 Å². The normalized spacial score (nSPS) is 10.7. The molecule has 0 unspecified atom stereocenters. The third-order valence-electron chi connectivity index (χ3n) is 5.31. The standard InChI is InChI=1S/C24H20P.C6H5F/c1-5-13-21(14-6-1)25(22-15-7-2-8-16-22,23-17-9-3-10-18-23)24-19-11-4-12-20-24;7-6-4-2-1-3-5-6/h1-20H;1-5H/q+1;. The molecule has 0 aliphatic rings. The van der Waals surface area contributed by atoms with Gasteiger partial charge in [0.15, 0.2) is 0 Å². The van der Waals surface area contributed by atoms with Gasteiger partial charge in [0.2, 0.25) is 0 Å². The molecule has 5 aromatic rings. The van der Waals surface area contributed by atoms with Crippen LogP contribution in [0, 0.1) is 5.82 Å². The molecule has 0 aliphatic heterocycles. The Bertz CT molecular complexity index is 1030. The van der Waals surface area contributed by atoms with Gasteiger partial charge in [-0.05, 0) is 60.7 Å². The van der Waals surface area contributed by atoms with Gasteiger partial charge in [0.25, 0.3) is 0 Å². The number of benzene rings is 5. The molecule has 0 heterocycles. The van der Waals surface area contributed by atoms with Gasteiger partial charge in [-0.1, -0.05) is 91.0 Å². The van der Waals surface area contributed by atoms with E-state index >= 15 is 0 Å². The average molecular weight is 436 g/mol. The summed E-state index contributed by atoms with van der Waals surface area (Å²) >= 11 is 0. The number of halogens is 1. The lowest BCUT2D eigenvalue weighted by Gasteiger charge is -2.27. The van der Waals surface area contributed by atoms with E-state index in [2.05, 4.69) is 121 Å². The largest absolute Gasteiger partial charge is 0.207 e. The van der Waals surface area contributed by atoms with Gasteiger partial charge in [0.05, 0.1) is 0 Å². The molecule has 2 heteroatoms. The molecule has 0 saturated carbocycles. The van der Waals surface area contributed by atoms with Gasteiger partial charge in [-0.25, -0.2) is 4.39 Å². The molecule has 0 radical (unpaired) electrons. The fourth-order valence-electron chi connectivity index (χ4n) is 3.92. The Labute approximate surface area is 190 Å². The van der Waals surface area contributed by atoms with Crippen molar-refractivity contribution in [3.8, 4) is 0 Å². The van der Waals surface area contributed by atoms with Crippen molar-refractivity contribution in [3.05, 3.63) is 157 Å². The van der Waals surface area contributed by atoms with Crippen molar-refractivity contribution in [1.82, 2.24) is 0 Å². The molecule has 5 rings (SSSR count). The van der Waals surface area contributed by atoms with Crippen molar-refractivity contribution >= 4 is 28.5 Å². The molecule has 5 aromatic carbocycles. The number of hydrogen-bond donors (Lipinski definition) is 0. The monoisotopic (exact) mass is 435 g/mol. The summed E-state index contributed by atoms with van der Waals surface area (Å²) in [4.78, 5) is 0. The molecule has 0 aromatic heterocycles. The maximum atomic E-state index is 11.9. The highest BCUT2D eigenvalue weighted by molar-refractivity contribution is 8.01. The Kier molecular flexibility index (Phi) is 7.23. The van der Waals surface area contributed by atoms with Crippen LogP contribution in [0.2, 0.25) is 0 Å². The minimum Gasteiger partial charge on any atom is -0.207 e. The van der Waals surface area contributed by atoms with Gasteiger partial charge < -0.3 is 0 Å². The predicted molar refractivity (Wildman–Crippen MR) is 138 cm³/mol. The van der Waals surface area contributed by atoms with Crippen LogP contribution in [0.3, 0.4) is 0 Å². The lowest BCUT2D eigenvalue weighted by molar-refractivity contribution is 0.628. The molecule has 0 bridgehead atoms. The molecule has 0 N–H and O–H groups in total. The van der Waals surface area contributed by atoms with Crippen LogP contribution in [0.25, 0.3) is 0 Å². The second-order valence-electron chi connectivity index (χ2n) is 7.31. The maximum absolute atomic E-state index is 11.9. The first-order valence-corrected chi connectivity index (χ1v) is 12.4. The zero-order chi connectivity index (χ0) is 22.1. The van der Waals surface area contributed by atoms with Gasteiger partial charge >= 0.3 is 0 Å². The Balaban J connectivity index is 0.000000300. The summed E-state index contributed by atoms with van der Waals surface area (Å²) in [5, 5.41) is 5.55. The number of hydrogen-bond acceptors (Lipinski definition) is 0. The first kappa shape index (κ1) is 21.7. The summed E-state index contributed by atoms with van der Waals surface area (Å²) < 4.78 is 11.9. The van der Waals surface area contributed by atoms with Crippen LogP contribution in [0.15, 0.2) is 152 Å². The third kappa shape index (κ3) is 4.69. The van der Waals surface area contributed by atoms with Gasteiger partial charge in [-0.2, -0.15) is 0 Å². The van der Waals surface area contributed by atoms with Crippen molar-refractivity contribution < 1.29 is 4.39 Å². The topological polar surface area (TPSA) is 0 Å². The molecule has 156 valence electrons. The van der Waals surface area contributed by atoms with E-state index in [-0.39, 0.29) is 5.82 Å². The summed E-state index contributed by atoms with van der Waals surface area (Å²) in [5.74, 6) is -0.178. The second-order valence-corrected chi connectivity index (χ2v) is 10.7. The zero-order valence-electron chi connectivity index (χ0n) is 17.8. The van der Waals surface area contributed by atoms with Crippen molar-refractivity contribution in [2.75, 3.05) is 0 Å². The highest BCUT2D eigenvalue weighted by atomic mass is 31.2. The van der Waals surface area contributed by atoms with Crippen molar-refractivity contribution in [1.29, 1.82) is 0 Å². The fourth-order valence-corrected chi connectivity index (χ4v) is 8.18. The molecule has 0 spiro atoms. The SMILES string of the molecule is Fc1ccccc1.c1ccc([P+](c2ccccc2)(c2ccccc2)c2ccccc2)cc1. The highest BCUT2D eigenvalue weighted by Gasteiger charge is 2.47. The van der Waals surface area contributed by atoms with Crippen molar-refractivity contribution in [2.24, 2.45) is 0 Å². The Morgan fingerprint density at radius 1 is 0.312 bits per heavy atom. The molecule has 0 fully saturated rings. The lowest BCUT2D eigenvalue weighted by Crippen LogP contribution is -2.38. The fraction of sp³-hybridized carbons (Fsp3) is 0. The first-order chi connectivity index (χ1) is 15.8. The van der Waals surface area contributed by atoms with Crippen LogP contribution in [-0.2, 0) is 0 Å². The molecule has 0 amide bonds. The van der Waals surface area contributed by atoms with Gasteiger partial charge in [0.1, 0.15) is 34.3 Å². The van der Waals surface area contributed by atoms with E-state index in [1.165, 1.54) is 33.4 Å². The Hall–Kier alpha value is -3.54. The summed E-state index contributed by atoms with van der Waals surface area (Å²) in [6.07, 6.45) is 0. The summed E-state index contributed by atoms with van der Waals surface area (Å²) in [5.41, 5.74) is 0. The zero-order valence-corrected chi connectivity index (χ0v) is 18.7. The quantitative estimate of drug-likeness (QED) is 0.298. The van der Waals surface area contributed by atoms with E-state index in [9.17, 15) is 4.39 Å². The maximum Gasteiger partial charge on any atom is 0.144 e. The Morgan fingerprint density at radius 3 is 0.719 bits per heavy atom.